The molecular weight excluding hydrogens is 409 g/mol. The van der Waals surface area contributed by atoms with Gasteiger partial charge in [-0.3, -0.25) is 9.69 Å². The summed E-state index contributed by atoms with van der Waals surface area (Å²) in [4.78, 5) is 14.9. The number of ether oxygens (including phenoxy) is 1. The van der Waals surface area contributed by atoms with Crippen LogP contribution in [0.4, 0.5) is 4.39 Å². The molecule has 30 heavy (non-hydrogen) atoms. The van der Waals surface area contributed by atoms with Gasteiger partial charge in [-0.2, -0.15) is 4.72 Å². The first-order valence-electron chi connectivity index (χ1n) is 9.84. The van der Waals surface area contributed by atoms with Crippen LogP contribution in [0.1, 0.15) is 5.56 Å². The van der Waals surface area contributed by atoms with Gasteiger partial charge in [0.25, 0.3) is 0 Å². The van der Waals surface area contributed by atoms with E-state index in [1.54, 1.807) is 0 Å². The highest BCUT2D eigenvalue weighted by atomic mass is 32.2. The molecule has 9 heteroatoms. The van der Waals surface area contributed by atoms with Gasteiger partial charge in [0.2, 0.25) is 15.9 Å². The van der Waals surface area contributed by atoms with Crippen molar-refractivity contribution in [2.24, 2.45) is 0 Å². The monoisotopic (exact) mass is 435 g/mol. The first kappa shape index (κ1) is 22.4. The first-order chi connectivity index (χ1) is 14.4. The van der Waals surface area contributed by atoms with Crippen molar-refractivity contribution in [2.75, 3.05) is 39.4 Å². The predicted molar refractivity (Wildman–Crippen MR) is 111 cm³/mol. The van der Waals surface area contributed by atoms with Crippen LogP contribution in [-0.4, -0.2) is 64.7 Å². The molecule has 1 fully saturated rings. The molecule has 1 aliphatic rings. The van der Waals surface area contributed by atoms with Gasteiger partial charge in [-0.1, -0.05) is 30.3 Å². The maximum absolute atomic E-state index is 13.2. The third-order valence-electron chi connectivity index (χ3n) is 4.85. The highest BCUT2D eigenvalue weighted by Gasteiger charge is 2.26. The van der Waals surface area contributed by atoms with Gasteiger partial charge in [0.05, 0.1) is 18.1 Å². The maximum Gasteiger partial charge on any atom is 0.241 e. The van der Waals surface area contributed by atoms with Crippen LogP contribution in [0.2, 0.25) is 0 Å². The van der Waals surface area contributed by atoms with Crippen molar-refractivity contribution in [3.05, 3.63) is 66.0 Å². The van der Waals surface area contributed by atoms with Crippen LogP contribution in [0.25, 0.3) is 0 Å². The number of morpholine rings is 1. The summed E-state index contributed by atoms with van der Waals surface area (Å²) in [6, 6.07) is 12.7. The summed E-state index contributed by atoms with van der Waals surface area (Å²) in [7, 11) is -3.99. The molecule has 0 aliphatic carbocycles. The molecule has 0 saturated carbocycles. The number of hydrogen-bond donors (Lipinski definition) is 2. The molecule has 2 aromatic rings. The zero-order valence-corrected chi connectivity index (χ0v) is 17.4. The van der Waals surface area contributed by atoms with Gasteiger partial charge in [0.1, 0.15) is 11.9 Å². The van der Waals surface area contributed by atoms with E-state index >= 15 is 0 Å². The third-order valence-corrected chi connectivity index (χ3v) is 6.34. The van der Waals surface area contributed by atoms with Crippen molar-refractivity contribution in [1.82, 2.24) is 14.9 Å². The van der Waals surface area contributed by atoms with Gasteiger partial charge in [-0.25, -0.2) is 12.8 Å². The Kier molecular flexibility index (Phi) is 7.92. The van der Waals surface area contributed by atoms with E-state index in [9.17, 15) is 17.6 Å². The molecular formula is C21H26FN3O4S. The van der Waals surface area contributed by atoms with Crippen LogP contribution in [0.15, 0.2) is 59.5 Å². The van der Waals surface area contributed by atoms with Gasteiger partial charge >= 0.3 is 0 Å². The molecule has 1 saturated heterocycles. The van der Waals surface area contributed by atoms with Gasteiger partial charge in [0.15, 0.2) is 0 Å². The van der Waals surface area contributed by atoms with Crippen LogP contribution in [0.3, 0.4) is 0 Å². The molecule has 2 N–H and O–H groups in total. The fourth-order valence-electron chi connectivity index (χ4n) is 3.19. The molecule has 162 valence electrons. The number of benzene rings is 2. The number of halogens is 1. The molecule has 0 aromatic heterocycles. The van der Waals surface area contributed by atoms with E-state index in [-0.39, 0.29) is 11.3 Å². The standard InChI is InChI=1S/C21H26FN3O4S/c22-18-6-8-19(9-7-18)30(27,28)24-20(16-17-4-2-1-3-5-17)21(26)23-10-11-25-12-14-29-15-13-25/h1-9,20,24H,10-16H2,(H,23,26). The lowest BCUT2D eigenvalue weighted by molar-refractivity contribution is -0.122. The summed E-state index contributed by atoms with van der Waals surface area (Å²) in [5.41, 5.74) is 0.827. The van der Waals surface area contributed by atoms with Crippen molar-refractivity contribution in [1.29, 1.82) is 0 Å². The fraction of sp³-hybridized carbons (Fsp3) is 0.381. The quantitative estimate of drug-likeness (QED) is 0.617. The molecule has 2 aromatic carbocycles. The second-order valence-corrected chi connectivity index (χ2v) is 8.78. The summed E-state index contributed by atoms with van der Waals surface area (Å²) in [5, 5.41) is 2.83. The lowest BCUT2D eigenvalue weighted by Gasteiger charge is -2.27. The largest absolute Gasteiger partial charge is 0.379 e. The van der Waals surface area contributed by atoms with Crippen LogP contribution in [0, 0.1) is 5.82 Å². The van der Waals surface area contributed by atoms with E-state index in [1.165, 1.54) is 12.1 Å². The van der Waals surface area contributed by atoms with Gasteiger partial charge < -0.3 is 10.1 Å². The average molecular weight is 436 g/mol. The smallest absolute Gasteiger partial charge is 0.241 e. The molecule has 7 nitrogen and oxygen atoms in total. The Morgan fingerprint density at radius 1 is 1.07 bits per heavy atom. The van der Waals surface area contributed by atoms with Crippen molar-refractivity contribution in [3.63, 3.8) is 0 Å². The Balaban J connectivity index is 1.67. The van der Waals surface area contributed by atoms with E-state index < -0.39 is 27.8 Å². The van der Waals surface area contributed by atoms with E-state index in [0.717, 1.165) is 30.8 Å². The number of carbonyl (C=O) groups is 1. The topological polar surface area (TPSA) is 87.7 Å². The number of hydrogen-bond acceptors (Lipinski definition) is 5. The number of nitrogens with zero attached hydrogens (tertiary/aromatic N) is 1. The number of sulfonamides is 1. The highest BCUT2D eigenvalue weighted by molar-refractivity contribution is 7.89. The minimum Gasteiger partial charge on any atom is -0.379 e. The molecule has 1 atom stereocenters. The van der Waals surface area contributed by atoms with E-state index in [0.29, 0.717) is 26.3 Å². The molecule has 1 heterocycles. The second-order valence-electron chi connectivity index (χ2n) is 7.06. The molecule has 1 aliphatic heterocycles. The molecule has 3 rings (SSSR count). The minimum absolute atomic E-state index is 0.0944. The summed E-state index contributed by atoms with van der Waals surface area (Å²) in [5.74, 6) is -0.937. The predicted octanol–water partition coefficient (Wildman–Crippen LogP) is 1.16. The SMILES string of the molecule is O=C(NCCN1CCOCC1)C(Cc1ccccc1)NS(=O)(=O)c1ccc(F)cc1. The zero-order valence-electron chi connectivity index (χ0n) is 16.6. The van der Waals surface area contributed by atoms with Gasteiger partial charge in [-0.05, 0) is 36.2 Å². The van der Waals surface area contributed by atoms with E-state index in [1.807, 2.05) is 30.3 Å². The minimum atomic E-state index is -3.99. The Morgan fingerprint density at radius 2 is 1.73 bits per heavy atom. The van der Waals surface area contributed by atoms with Crippen molar-refractivity contribution < 1.29 is 22.3 Å². The van der Waals surface area contributed by atoms with Gasteiger partial charge in [0, 0.05) is 26.2 Å². The average Bonchev–Trinajstić information content (AvgIpc) is 2.75. The Labute approximate surface area is 176 Å². The summed E-state index contributed by atoms with van der Waals surface area (Å²) < 4.78 is 46.4. The lowest BCUT2D eigenvalue weighted by Crippen LogP contribution is -2.49. The maximum atomic E-state index is 13.2. The summed E-state index contributed by atoms with van der Waals surface area (Å²) >= 11 is 0. The summed E-state index contributed by atoms with van der Waals surface area (Å²) in [6.45, 7) is 4.02. The first-order valence-corrected chi connectivity index (χ1v) is 11.3. The Morgan fingerprint density at radius 3 is 2.40 bits per heavy atom. The van der Waals surface area contributed by atoms with Crippen LogP contribution < -0.4 is 10.0 Å². The Hall–Kier alpha value is -2.33. The van der Waals surface area contributed by atoms with Crippen molar-refractivity contribution in [2.45, 2.75) is 17.4 Å². The number of rotatable bonds is 9. The molecule has 1 amide bonds. The summed E-state index contributed by atoms with van der Waals surface area (Å²) in [6.07, 6.45) is 0.199. The van der Waals surface area contributed by atoms with Gasteiger partial charge in [-0.15, -0.1) is 0 Å². The van der Waals surface area contributed by atoms with Crippen LogP contribution in [-0.2, 0) is 26.0 Å². The number of nitrogens with one attached hydrogen (secondary N) is 2. The Bertz CT molecular complexity index is 917. The molecule has 0 bridgehead atoms. The number of amides is 1. The third kappa shape index (κ3) is 6.60. The lowest BCUT2D eigenvalue weighted by atomic mass is 10.1. The van der Waals surface area contributed by atoms with E-state index in [4.69, 9.17) is 4.74 Å². The molecule has 0 radical (unpaired) electrons. The zero-order chi connectivity index (χ0) is 21.4. The van der Waals surface area contributed by atoms with Crippen molar-refractivity contribution >= 4 is 15.9 Å². The van der Waals surface area contributed by atoms with E-state index in [2.05, 4.69) is 14.9 Å². The number of carbonyl (C=O) groups excluding carboxylic acids is 1. The fourth-order valence-corrected chi connectivity index (χ4v) is 4.39. The molecule has 0 spiro atoms. The normalized spacial score (nSPS) is 16.2. The van der Waals surface area contributed by atoms with Crippen LogP contribution >= 0.6 is 0 Å². The highest BCUT2D eigenvalue weighted by Crippen LogP contribution is 2.12. The van der Waals surface area contributed by atoms with Crippen molar-refractivity contribution in [3.8, 4) is 0 Å². The molecule has 1 unspecified atom stereocenters. The second kappa shape index (κ2) is 10.6. The van der Waals surface area contributed by atoms with Crippen LogP contribution in [0.5, 0.6) is 0 Å².